The van der Waals surface area contributed by atoms with Crippen molar-refractivity contribution >= 4 is 6.05 Å². The maximum absolute atomic E-state index is 8.82. The topological polar surface area (TPSA) is 12.9 Å². The van der Waals surface area contributed by atoms with E-state index in [0.29, 0.717) is 11.8 Å². The molecule has 1 heterocycles. The van der Waals surface area contributed by atoms with Gasteiger partial charge in [-0.05, 0) is 55.7 Å². The molecule has 0 saturated heterocycles. The van der Waals surface area contributed by atoms with E-state index in [-0.39, 0.29) is 36.0 Å². The van der Waals surface area contributed by atoms with Crippen molar-refractivity contribution in [2.75, 3.05) is 0 Å². The Morgan fingerprint density at radius 3 is 2.20 bits per heavy atom. The highest BCUT2D eigenvalue weighted by Gasteiger charge is 2.25. The van der Waals surface area contributed by atoms with Crippen LogP contribution in [0.15, 0.2) is 29.9 Å². The number of hydrogen-bond donors (Lipinski definition) is 0. The second-order valence-corrected chi connectivity index (χ2v) is 6.20. The lowest BCUT2D eigenvalue weighted by Gasteiger charge is -2.32. The lowest BCUT2D eigenvalue weighted by atomic mass is 9.73. The highest BCUT2D eigenvalue weighted by atomic mass is 14.7. The summed E-state index contributed by atoms with van der Waals surface area (Å²) in [4.78, 5) is 4.07. The number of aromatic nitrogens is 1. The van der Waals surface area contributed by atoms with Crippen molar-refractivity contribution in [3.63, 3.8) is 0 Å². The van der Waals surface area contributed by atoms with Crippen LogP contribution in [0.3, 0.4) is 0 Å². The van der Waals surface area contributed by atoms with E-state index in [4.69, 9.17) is 6.85 Å². The Morgan fingerprint density at radius 1 is 1.00 bits per heavy atom. The van der Waals surface area contributed by atoms with Crippen LogP contribution in [0.5, 0.6) is 0 Å². The normalized spacial score (nSPS) is 25.1. The summed E-state index contributed by atoms with van der Waals surface area (Å²) >= 11 is 0. The third kappa shape index (κ3) is 3.50. The molecular formula is C19H27N. The Kier molecular flexibility index (Phi) is 3.18. The quantitative estimate of drug-likeness (QED) is 0.696. The zero-order valence-corrected chi connectivity index (χ0v) is 12.2. The Balaban J connectivity index is 2.08. The zero-order chi connectivity index (χ0) is 18.0. The second-order valence-electron chi connectivity index (χ2n) is 6.20. The Hall–Kier alpha value is -1.11. The number of allylic oxidation sites excluding steroid dienone is 1. The first kappa shape index (κ1) is 9.02. The van der Waals surface area contributed by atoms with Gasteiger partial charge in [0.15, 0.2) is 0 Å². The molecule has 0 aromatic carbocycles. The van der Waals surface area contributed by atoms with E-state index in [1.54, 1.807) is 0 Å². The van der Waals surface area contributed by atoms with Gasteiger partial charge in [-0.15, -0.1) is 0 Å². The fourth-order valence-electron chi connectivity index (χ4n) is 3.79. The van der Waals surface area contributed by atoms with Gasteiger partial charge in [-0.25, -0.2) is 0 Å². The summed E-state index contributed by atoms with van der Waals surface area (Å²) in [5, 5.41) is 0. The van der Waals surface area contributed by atoms with Gasteiger partial charge in [-0.2, -0.15) is 0 Å². The van der Waals surface area contributed by atoms with Crippen LogP contribution in [0, 0.1) is 11.8 Å². The first-order valence-corrected chi connectivity index (χ1v) is 8.16. The molecule has 2 aliphatic rings. The second kappa shape index (κ2) is 7.06. The molecule has 20 heavy (non-hydrogen) atoms. The standard InChI is InChI=1S/C19H27N/c1-3-9-16(10-4-1)19(17-11-5-2-6-12-17)15-18-13-7-8-14-20-18/h7-8,13-17H,1-6,9-12H2/i7D,8D,13D,14D,15D. The number of hydrogen-bond acceptors (Lipinski definition) is 1. The number of pyridine rings is 1. The molecule has 0 atom stereocenters. The smallest absolute Gasteiger partial charge is 0.0840 e. The molecular weight excluding hydrogens is 242 g/mol. The van der Waals surface area contributed by atoms with Gasteiger partial charge in [0.05, 0.1) is 12.5 Å². The minimum absolute atomic E-state index is 0.136. The molecule has 0 radical (unpaired) electrons. The SMILES string of the molecule is [2H]C(=C(C1CCCCC1)C1CCCCC1)c1nc([2H])c([2H])c([2H])c1[2H]. The van der Waals surface area contributed by atoms with Gasteiger partial charge in [-0.3, -0.25) is 4.98 Å². The van der Waals surface area contributed by atoms with Crippen LogP contribution in [0.1, 0.15) is 76.8 Å². The molecule has 2 saturated carbocycles. The van der Waals surface area contributed by atoms with Gasteiger partial charge in [-0.1, -0.05) is 50.1 Å². The van der Waals surface area contributed by atoms with E-state index >= 15 is 0 Å². The van der Waals surface area contributed by atoms with Crippen LogP contribution in [-0.4, -0.2) is 4.98 Å². The third-order valence-electron chi connectivity index (χ3n) is 4.82. The van der Waals surface area contributed by atoms with E-state index in [1.165, 1.54) is 38.5 Å². The molecule has 0 N–H and O–H groups in total. The van der Waals surface area contributed by atoms with E-state index in [9.17, 15) is 0 Å². The van der Waals surface area contributed by atoms with Gasteiger partial charge in [0, 0.05) is 6.17 Å². The number of nitrogens with zero attached hydrogens (tertiary/aromatic N) is 1. The lowest BCUT2D eigenvalue weighted by molar-refractivity contribution is 0.328. The molecule has 108 valence electrons. The Bertz CT molecular complexity index is 638. The van der Waals surface area contributed by atoms with Crippen molar-refractivity contribution in [1.29, 1.82) is 0 Å². The van der Waals surface area contributed by atoms with Crippen LogP contribution in [0.2, 0.25) is 0 Å². The predicted molar refractivity (Wildman–Crippen MR) is 85.4 cm³/mol. The fraction of sp³-hybridized carbons (Fsp3) is 0.632. The fourth-order valence-corrected chi connectivity index (χ4v) is 3.79. The van der Waals surface area contributed by atoms with E-state index < -0.39 is 0 Å². The van der Waals surface area contributed by atoms with Crippen molar-refractivity contribution in [2.24, 2.45) is 11.8 Å². The van der Waals surface area contributed by atoms with Crippen LogP contribution in [-0.2, 0) is 0 Å². The van der Waals surface area contributed by atoms with Gasteiger partial charge >= 0.3 is 0 Å². The average Bonchev–Trinajstić information content (AvgIpc) is 2.65. The Labute approximate surface area is 130 Å². The van der Waals surface area contributed by atoms with Crippen molar-refractivity contribution in [1.82, 2.24) is 4.98 Å². The van der Waals surface area contributed by atoms with Crippen LogP contribution >= 0.6 is 0 Å². The van der Waals surface area contributed by atoms with Crippen molar-refractivity contribution in [3.8, 4) is 0 Å². The van der Waals surface area contributed by atoms with Gasteiger partial charge < -0.3 is 0 Å². The summed E-state index contributed by atoms with van der Waals surface area (Å²) < 4.78 is 40.4. The van der Waals surface area contributed by atoms with E-state index in [1.807, 2.05) is 0 Å². The van der Waals surface area contributed by atoms with E-state index in [2.05, 4.69) is 4.98 Å². The van der Waals surface area contributed by atoms with Gasteiger partial charge in [0.1, 0.15) is 0 Å². The lowest BCUT2D eigenvalue weighted by Crippen LogP contribution is -2.18. The molecule has 0 aliphatic heterocycles. The maximum atomic E-state index is 8.82. The molecule has 2 fully saturated rings. The predicted octanol–water partition coefficient (Wildman–Crippen LogP) is 5.63. The molecule has 1 nitrogen and oxygen atoms in total. The maximum Gasteiger partial charge on any atom is 0.0840 e. The molecule has 0 spiro atoms. The average molecular weight is 274 g/mol. The first-order valence-electron chi connectivity index (χ1n) is 10.7. The summed E-state index contributed by atoms with van der Waals surface area (Å²) in [6, 6.07) is -0.509. The monoisotopic (exact) mass is 274 g/mol. The van der Waals surface area contributed by atoms with Crippen LogP contribution in [0.4, 0.5) is 0 Å². The molecule has 3 rings (SSSR count). The summed E-state index contributed by atoms with van der Waals surface area (Å²) in [5.41, 5.74) is 1.26. The van der Waals surface area contributed by atoms with Gasteiger partial charge in [0.2, 0.25) is 0 Å². The van der Waals surface area contributed by atoms with E-state index in [0.717, 1.165) is 31.3 Å². The third-order valence-corrected chi connectivity index (χ3v) is 4.82. The summed E-state index contributed by atoms with van der Waals surface area (Å²) in [5.74, 6) is 0.759. The zero-order valence-electron chi connectivity index (χ0n) is 17.2. The van der Waals surface area contributed by atoms with Crippen LogP contribution in [0.25, 0.3) is 6.05 Å². The molecule has 0 unspecified atom stereocenters. The molecule has 0 amide bonds. The summed E-state index contributed by atoms with van der Waals surface area (Å²) in [6.07, 6.45) is 11.4. The number of rotatable bonds is 3. The molecule has 1 heteroatoms. The highest BCUT2D eigenvalue weighted by Crippen LogP contribution is 2.40. The minimum atomic E-state index is -0.321. The minimum Gasteiger partial charge on any atom is -0.257 e. The molecule has 0 bridgehead atoms. The molecule has 1 aromatic rings. The Morgan fingerprint density at radius 2 is 1.60 bits per heavy atom. The highest BCUT2D eigenvalue weighted by molar-refractivity contribution is 5.50. The van der Waals surface area contributed by atoms with Crippen molar-refractivity contribution in [3.05, 3.63) is 35.6 Å². The molecule has 2 aliphatic carbocycles. The van der Waals surface area contributed by atoms with Crippen molar-refractivity contribution < 1.29 is 6.85 Å². The largest absolute Gasteiger partial charge is 0.257 e. The first-order chi connectivity index (χ1) is 12.0. The van der Waals surface area contributed by atoms with Crippen molar-refractivity contribution in [2.45, 2.75) is 64.2 Å². The van der Waals surface area contributed by atoms with Crippen LogP contribution < -0.4 is 0 Å². The summed E-state index contributed by atoms with van der Waals surface area (Å²) in [6.45, 7) is 0. The molecule has 1 aromatic heterocycles. The van der Waals surface area contributed by atoms with Gasteiger partial charge in [0.25, 0.3) is 0 Å². The summed E-state index contributed by atoms with van der Waals surface area (Å²) in [7, 11) is 0.